The Morgan fingerprint density at radius 3 is 2.50 bits per heavy atom. The van der Waals surface area contributed by atoms with E-state index in [2.05, 4.69) is 56.9 Å². The summed E-state index contributed by atoms with van der Waals surface area (Å²) in [5.74, 6) is 1.41. The summed E-state index contributed by atoms with van der Waals surface area (Å²) in [6.07, 6.45) is 1.83. The fourth-order valence-corrected chi connectivity index (χ4v) is 3.19. The molecule has 1 aromatic carbocycles. The van der Waals surface area contributed by atoms with E-state index in [4.69, 9.17) is 4.74 Å². The monoisotopic (exact) mass is 315 g/mol. The number of thioether (sulfide) groups is 1. The second-order valence-electron chi connectivity index (χ2n) is 6.12. The van der Waals surface area contributed by atoms with Gasteiger partial charge >= 0.3 is 0 Å². The fourth-order valence-electron chi connectivity index (χ4n) is 2.50. The largest absolute Gasteiger partial charge is 0.370 e. The van der Waals surface area contributed by atoms with Gasteiger partial charge in [0, 0.05) is 11.9 Å². The first kappa shape index (κ1) is 17.0. The third-order valence-electron chi connectivity index (χ3n) is 3.67. The second-order valence-corrected chi connectivity index (χ2v) is 7.23. The Bertz CT molecular complexity index is 581. The van der Waals surface area contributed by atoms with Crippen molar-refractivity contribution in [3.05, 3.63) is 59.8 Å². The number of rotatable bonds is 7. The number of hydrogen-bond donors (Lipinski definition) is 0. The normalized spacial score (nSPS) is 11.9. The molecule has 1 heterocycles. The van der Waals surface area contributed by atoms with E-state index in [-0.39, 0.29) is 5.60 Å². The van der Waals surface area contributed by atoms with Crippen LogP contribution in [0.3, 0.4) is 0 Å². The zero-order valence-corrected chi connectivity index (χ0v) is 14.7. The van der Waals surface area contributed by atoms with Crippen molar-refractivity contribution in [2.45, 2.75) is 44.2 Å². The molecule has 118 valence electrons. The molecule has 0 N–H and O–H groups in total. The maximum absolute atomic E-state index is 6.18. The average molecular weight is 315 g/mol. The van der Waals surface area contributed by atoms with Crippen LogP contribution in [0.2, 0.25) is 0 Å². The van der Waals surface area contributed by atoms with E-state index in [9.17, 15) is 0 Å². The van der Waals surface area contributed by atoms with Gasteiger partial charge < -0.3 is 4.74 Å². The van der Waals surface area contributed by atoms with E-state index in [1.54, 1.807) is 11.8 Å². The van der Waals surface area contributed by atoms with Crippen LogP contribution < -0.4 is 0 Å². The molecular formula is C19H25NOS. The quantitative estimate of drug-likeness (QED) is 0.514. The lowest BCUT2D eigenvalue weighted by Crippen LogP contribution is -2.25. The molecule has 0 radical (unpaired) electrons. The molecule has 0 unspecified atom stereocenters. The van der Waals surface area contributed by atoms with Crippen molar-refractivity contribution >= 4 is 11.8 Å². The molecule has 0 amide bonds. The molecule has 0 atom stereocenters. The average Bonchev–Trinajstić information content (AvgIpc) is 2.52. The SMILES string of the molecule is CC(C)c1ccccc1C(C)(C)OCCSc1ccccn1. The molecule has 0 fully saturated rings. The highest BCUT2D eigenvalue weighted by molar-refractivity contribution is 7.99. The summed E-state index contributed by atoms with van der Waals surface area (Å²) < 4.78 is 6.18. The Kier molecular flexibility index (Phi) is 6.04. The minimum atomic E-state index is -0.272. The van der Waals surface area contributed by atoms with E-state index in [0.29, 0.717) is 12.5 Å². The smallest absolute Gasteiger partial charge is 0.0960 e. The van der Waals surface area contributed by atoms with Crippen molar-refractivity contribution in [2.75, 3.05) is 12.4 Å². The summed E-state index contributed by atoms with van der Waals surface area (Å²) >= 11 is 1.73. The Labute approximate surface area is 138 Å². The maximum Gasteiger partial charge on any atom is 0.0960 e. The second kappa shape index (κ2) is 7.80. The van der Waals surface area contributed by atoms with Crippen LogP contribution in [0.15, 0.2) is 53.7 Å². The molecule has 2 rings (SSSR count). The van der Waals surface area contributed by atoms with Crippen LogP contribution in [0.4, 0.5) is 0 Å². The van der Waals surface area contributed by atoms with Crippen LogP contribution in [0.1, 0.15) is 44.7 Å². The van der Waals surface area contributed by atoms with Crippen LogP contribution >= 0.6 is 11.8 Å². The molecule has 0 bridgehead atoms. The van der Waals surface area contributed by atoms with Crippen LogP contribution in [-0.4, -0.2) is 17.3 Å². The van der Waals surface area contributed by atoms with Gasteiger partial charge in [0.25, 0.3) is 0 Å². The molecule has 0 aliphatic rings. The summed E-state index contributed by atoms with van der Waals surface area (Å²) in [5, 5.41) is 1.05. The predicted molar refractivity (Wildman–Crippen MR) is 94.5 cm³/mol. The van der Waals surface area contributed by atoms with Crippen molar-refractivity contribution in [1.29, 1.82) is 0 Å². The minimum Gasteiger partial charge on any atom is -0.370 e. The molecule has 0 aliphatic carbocycles. The van der Waals surface area contributed by atoms with Crippen LogP contribution in [0.25, 0.3) is 0 Å². The lowest BCUT2D eigenvalue weighted by molar-refractivity contribution is -0.0132. The van der Waals surface area contributed by atoms with Crippen molar-refractivity contribution < 1.29 is 4.74 Å². The molecule has 22 heavy (non-hydrogen) atoms. The van der Waals surface area contributed by atoms with Gasteiger partial charge in [0.05, 0.1) is 17.2 Å². The predicted octanol–water partition coefficient (Wildman–Crippen LogP) is 5.25. The molecule has 2 aromatic rings. The first-order valence-corrected chi connectivity index (χ1v) is 8.76. The maximum atomic E-state index is 6.18. The van der Waals surface area contributed by atoms with E-state index < -0.39 is 0 Å². The Hall–Kier alpha value is -1.32. The number of nitrogens with zero attached hydrogens (tertiary/aromatic N) is 1. The molecule has 0 saturated heterocycles. The Balaban J connectivity index is 1.94. The zero-order valence-electron chi connectivity index (χ0n) is 13.9. The summed E-state index contributed by atoms with van der Waals surface area (Å²) in [7, 11) is 0. The van der Waals surface area contributed by atoms with Gasteiger partial charge in [-0.15, -0.1) is 11.8 Å². The Morgan fingerprint density at radius 2 is 1.82 bits per heavy atom. The standard InChI is InChI=1S/C19H25NOS/c1-15(2)16-9-5-6-10-17(16)19(3,4)21-13-14-22-18-11-7-8-12-20-18/h5-12,15H,13-14H2,1-4H3. The van der Waals surface area contributed by atoms with Gasteiger partial charge in [-0.05, 0) is 43.0 Å². The van der Waals surface area contributed by atoms with Crippen molar-refractivity contribution in [3.8, 4) is 0 Å². The highest BCUT2D eigenvalue weighted by Crippen LogP contribution is 2.32. The topological polar surface area (TPSA) is 22.1 Å². The first-order chi connectivity index (χ1) is 10.5. The van der Waals surface area contributed by atoms with Crippen molar-refractivity contribution in [3.63, 3.8) is 0 Å². The number of pyridine rings is 1. The van der Waals surface area contributed by atoms with E-state index in [1.807, 2.05) is 24.4 Å². The van der Waals surface area contributed by atoms with Crippen molar-refractivity contribution in [1.82, 2.24) is 4.98 Å². The number of aromatic nitrogens is 1. The number of hydrogen-bond acceptors (Lipinski definition) is 3. The van der Waals surface area contributed by atoms with Crippen LogP contribution in [0, 0.1) is 0 Å². The van der Waals surface area contributed by atoms with Crippen LogP contribution in [-0.2, 0) is 10.3 Å². The molecule has 3 heteroatoms. The van der Waals surface area contributed by atoms with Crippen molar-refractivity contribution in [2.24, 2.45) is 0 Å². The first-order valence-electron chi connectivity index (χ1n) is 7.78. The lowest BCUT2D eigenvalue weighted by atomic mass is 9.88. The van der Waals surface area contributed by atoms with E-state index >= 15 is 0 Å². The number of ether oxygens (including phenoxy) is 1. The van der Waals surface area contributed by atoms with Gasteiger partial charge in [-0.25, -0.2) is 4.98 Å². The third kappa shape index (κ3) is 4.59. The zero-order chi connectivity index (χ0) is 16.0. The highest BCUT2D eigenvalue weighted by atomic mass is 32.2. The van der Waals surface area contributed by atoms with E-state index in [0.717, 1.165) is 10.8 Å². The molecule has 1 aromatic heterocycles. The lowest BCUT2D eigenvalue weighted by Gasteiger charge is -2.29. The summed E-state index contributed by atoms with van der Waals surface area (Å²) in [6, 6.07) is 14.6. The Morgan fingerprint density at radius 1 is 1.09 bits per heavy atom. The summed E-state index contributed by atoms with van der Waals surface area (Å²) in [6.45, 7) is 9.47. The molecule has 0 saturated carbocycles. The van der Waals surface area contributed by atoms with Gasteiger partial charge in [0.2, 0.25) is 0 Å². The van der Waals surface area contributed by atoms with Gasteiger partial charge in [-0.2, -0.15) is 0 Å². The molecular weight excluding hydrogens is 290 g/mol. The molecule has 0 spiro atoms. The summed E-state index contributed by atoms with van der Waals surface area (Å²) in [5.41, 5.74) is 2.38. The fraction of sp³-hybridized carbons (Fsp3) is 0.421. The molecule has 0 aliphatic heterocycles. The van der Waals surface area contributed by atoms with Gasteiger partial charge in [0.1, 0.15) is 0 Å². The van der Waals surface area contributed by atoms with Gasteiger partial charge in [0.15, 0.2) is 0 Å². The third-order valence-corrected chi connectivity index (χ3v) is 4.57. The number of benzene rings is 1. The van der Waals surface area contributed by atoms with Crippen LogP contribution in [0.5, 0.6) is 0 Å². The minimum absolute atomic E-state index is 0.272. The highest BCUT2D eigenvalue weighted by Gasteiger charge is 2.24. The van der Waals surface area contributed by atoms with Gasteiger partial charge in [-0.1, -0.05) is 44.2 Å². The molecule has 2 nitrogen and oxygen atoms in total. The van der Waals surface area contributed by atoms with E-state index in [1.165, 1.54) is 11.1 Å². The summed E-state index contributed by atoms with van der Waals surface area (Å²) in [4.78, 5) is 4.32. The van der Waals surface area contributed by atoms with Gasteiger partial charge in [-0.3, -0.25) is 0 Å².